The topological polar surface area (TPSA) is 39.9 Å². The molecule has 0 fully saturated rings. The minimum Gasteiger partial charge on any atom is -0.457 e. The van der Waals surface area contributed by atoms with Crippen LogP contribution < -0.4 is 4.74 Å². The van der Waals surface area contributed by atoms with Crippen molar-refractivity contribution in [2.45, 2.75) is 5.41 Å². The van der Waals surface area contributed by atoms with Gasteiger partial charge >= 0.3 is 0 Å². The largest absolute Gasteiger partial charge is 0.457 e. The Labute approximate surface area is 330 Å². The molecule has 2 aromatic heterocycles. The maximum atomic E-state index is 6.96. The van der Waals surface area contributed by atoms with Crippen molar-refractivity contribution in [2.75, 3.05) is 0 Å². The number of ether oxygens (including phenoxy) is 1. The van der Waals surface area contributed by atoms with Crippen LogP contribution in [0.15, 0.2) is 200 Å². The second-order valence-electron chi connectivity index (χ2n) is 14.9. The molecule has 0 N–H and O–H groups in total. The predicted octanol–water partition coefficient (Wildman–Crippen LogP) is 13.0. The number of rotatable bonds is 4. The fraction of sp³-hybridized carbons (Fsp3) is 0.0189. The zero-order chi connectivity index (χ0) is 37.5. The summed E-state index contributed by atoms with van der Waals surface area (Å²) in [5.74, 6) is 2.44. The van der Waals surface area contributed by atoms with E-state index < -0.39 is 5.41 Å². The second-order valence-corrected chi connectivity index (χ2v) is 14.9. The van der Waals surface area contributed by atoms with Crippen LogP contribution in [0.3, 0.4) is 0 Å². The molecule has 3 heterocycles. The van der Waals surface area contributed by atoms with Crippen molar-refractivity contribution in [3.05, 3.63) is 222 Å². The molecule has 0 atom stereocenters. The van der Waals surface area contributed by atoms with Crippen molar-refractivity contribution in [1.82, 2.24) is 14.5 Å². The molecule has 0 radical (unpaired) electrons. The van der Waals surface area contributed by atoms with Gasteiger partial charge in [-0.1, -0.05) is 158 Å². The molecule has 0 saturated carbocycles. The molecule has 8 aromatic carbocycles. The fourth-order valence-electron chi connectivity index (χ4n) is 9.47. The molecule has 4 heteroatoms. The first kappa shape index (κ1) is 31.8. The van der Waals surface area contributed by atoms with Crippen LogP contribution in [-0.2, 0) is 5.41 Å². The molecule has 12 rings (SSSR count). The summed E-state index contributed by atoms with van der Waals surface area (Å²) >= 11 is 0. The summed E-state index contributed by atoms with van der Waals surface area (Å²) in [4.78, 5) is 10.2. The lowest BCUT2D eigenvalue weighted by molar-refractivity contribution is 0.437. The number of nitrogens with zero attached hydrogens (tertiary/aromatic N) is 3. The minimum atomic E-state index is -0.533. The third-order valence-corrected chi connectivity index (χ3v) is 11.9. The van der Waals surface area contributed by atoms with Gasteiger partial charge in [-0.05, 0) is 58.7 Å². The molecule has 0 unspecified atom stereocenters. The Morgan fingerprint density at radius 3 is 1.74 bits per heavy atom. The highest BCUT2D eigenvalue weighted by molar-refractivity contribution is 6.10. The molecule has 4 nitrogen and oxygen atoms in total. The second kappa shape index (κ2) is 12.2. The Hall–Kier alpha value is -7.56. The minimum absolute atomic E-state index is 0.533. The molecule has 1 aliphatic heterocycles. The molecule has 0 amide bonds. The Morgan fingerprint density at radius 2 is 0.982 bits per heavy atom. The van der Waals surface area contributed by atoms with Crippen LogP contribution in [0.2, 0.25) is 0 Å². The molecule has 1 spiro atoms. The molecule has 2 aliphatic rings. The van der Waals surface area contributed by atoms with Gasteiger partial charge < -0.3 is 9.30 Å². The molecule has 0 bridgehead atoms. The van der Waals surface area contributed by atoms with Crippen molar-refractivity contribution in [2.24, 2.45) is 0 Å². The van der Waals surface area contributed by atoms with E-state index in [0.29, 0.717) is 5.82 Å². The number of fused-ring (bicyclic) bond motifs is 12. The zero-order valence-corrected chi connectivity index (χ0v) is 30.8. The maximum Gasteiger partial charge on any atom is 0.160 e. The number of para-hydroxylation sites is 2. The van der Waals surface area contributed by atoms with Crippen molar-refractivity contribution in [3.8, 4) is 62.2 Å². The van der Waals surface area contributed by atoms with Gasteiger partial charge in [-0.2, -0.15) is 0 Å². The summed E-state index contributed by atoms with van der Waals surface area (Å²) in [5.41, 5.74) is 14.9. The van der Waals surface area contributed by atoms with Crippen LogP contribution in [0.1, 0.15) is 22.3 Å². The third-order valence-electron chi connectivity index (χ3n) is 11.9. The van der Waals surface area contributed by atoms with Gasteiger partial charge in [-0.25, -0.2) is 9.97 Å². The van der Waals surface area contributed by atoms with Gasteiger partial charge in [0.1, 0.15) is 11.5 Å². The quantitative estimate of drug-likeness (QED) is 0.181. The first-order chi connectivity index (χ1) is 28.3. The highest BCUT2D eigenvalue weighted by Gasteiger charge is 2.51. The van der Waals surface area contributed by atoms with Crippen LogP contribution in [0.5, 0.6) is 11.5 Å². The first-order valence-electron chi connectivity index (χ1n) is 19.4. The highest BCUT2D eigenvalue weighted by atomic mass is 16.5. The predicted molar refractivity (Wildman–Crippen MR) is 230 cm³/mol. The molecule has 0 saturated heterocycles. The lowest BCUT2D eigenvalue weighted by Crippen LogP contribution is -2.32. The molecule has 1 aliphatic carbocycles. The van der Waals surface area contributed by atoms with E-state index in [1.54, 1.807) is 0 Å². The van der Waals surface area contributed by atoms with Gasteiger partial charge in [0.2, 0.25) is 0 Å². The fourth-order valence-corrected chi connectivity index (χ4v) is 9.47. The van der Waals surface area contributed by atoms with E-state index in [1.165, 1.54) is 38.6 Å². The van der Waals surface area contributed by atoms with Gasteiger partial charge in [0.25, 0.3) is 0 Å². The van der Waals surface area contributed by atoms with E-state index in [4.69, 9.17) is 14.7 Å². The van der Waals surface area contributed by atoms with Gasteiger partial charge in [0.05, 0.1) is 27.8 Å². The van der Waals surface area contributed by atoms with E-state index in [9.17, 15) is 0 Å². The van der Waals surface area contributed by atoms with Gasteiger partial charge in [0.15, 0.2) is 5.82 Å². The van der Waals surface area contributed by atoms with E-state index in [0.717, 1.165) is 61.9 Å². The average molecular weight is 728 g/mol. The summed E-state index contributed by atoms with van der Waals surface area (Å²) < 4.78 is 9.34. The number of benzene rings is 8. The Morgan fingerprint density at radius 1 is 0.386 bits per heavy atom. The molecule has 266 valence electrons. The number of aromatic nitrogens is 3. The van der Waals surface area contributed by atoms with Crippen LogP contribution in [0, 0.1) is 0 Å². The Kier molecular flexibility index (Phi) is 6.81. The van der Waals surface area contributed by atoms with E-state index in [1.807, 2.05) is 24.3 Å². The van der Waals surface area contributed by atoms with Crippen molar-refractivity contribution in [3.63, 3.8) is 0 Å². The smallest absolute Gasteiger partial charge is 0.160 e. The van der Waals surface area contributed by atoms with E-state index >= 15 is 0 Å². The van der Waals surface area contributed by atoms with Gasteiger partial charge in [-0.15, -0.1) is 0 Å². The van der Waals surface area contributed by atoms with Gasteiger partial charge in [0, 0.05) is 50.3 Å². The normalized spacial score (nSPS) is 13.2. The van der Waals surface area contributed by atoms with Crippen molar-refractivity contribution >= 4 is 21.8 Å². The summed E-state index contributed by atoms with van der Waals surface area (Å²) in [6.07, 6.45) is 0. The van der Waals surface area contributed by atoms with E-state index in [2.05, 4.69) is 180 Å². The number of hydrogen-bond acceptors (Lipinski definition) is 3. The molecular weight excluding hydrogens is 695 g/mol. The summed E-state index contributed by atoms with van der Waals surface area (Å²) in [6.45, 7) is 0. The Balaban J connectivity index is 1.09. The van der Waals surface area contributed by atoms with Crippen LogP contribution >= 0.6 is 0 Å². The maximum absolute atomic E-state index is 6.96. The average Bonchev–Trinajstić information content (AvgIpc) is 3.76. The van der Waals surface area contributed by atoms with Crippen LogP contribution in [0.4, 0.5) is 0 Å². The first-order valence-corrected chi connectivity index (χ1v) is 19.4. The Bertz CT molecular complexity index is 3120. The standard InChI is InChI=1S/C53H33N3O/c1-3-16-34(17-4-1)46-32-47(55-52(54-46)35-18-5-2-6-19-35)36-20-15-21-37(30-36)56-48-28-13-9-24-40(48)41-31-45-51(33-49(41)56)57-50-29-14-12-27-44(50)53(45)42-25-10-7-22-38(42)39-23-8-11-26-43(39)53/h1-33H. The number of hydrogen-bond donors (Lipinski definition) is 0. The SMILES string of the molecule is c1ccc(-c2cc(-c3cccc(-n4c5ccccc5c5cc6c(cc54)Oc4ccccc4C64c5ccccc5-c5ccccc54)c3)nc(-c3ccccc3)n2)cc1. The summed E-state index contributed by atoms with van der Waals surface area (Å²) in [6, 6.07) is 71.1. The lowest BCUT2D eigenvalue weighted by Gasteiger charge is -2.39. The van der Waals surface area contributed by atoms with E-state index in [-0.39, 0.29) is 0 Å². The van der Waals surface area contributed by atoms with Crippen LogP contribution in [-0.4, -0.2) is 14.5 Å². The van der Waals surface area contributed by atoms with Gasteiger partial charge in [-0.3, -0.25) is 0 Å². The summed E-state index contributed by atoms with van der Waals surface area (Å²) in [7, 11) is 0. The van der Waals surface area contributed by atoms with Crippen molar-refractivity contribution < 1.29 is 4.74 Å². The zero-order valence-electron chi connectivity index (χ0n) is 30.8. The lowest BCUT2D eigenvalue weighted by atomic mass is 9.66. The van der Waals surface area contributed by atoms with Crippen LogP contribution in [0.25, 0.3) is 72.5 Å². The highest BCUT2D eigenvalue weighted by Crippen LogP contribution is 2.62. The molecule has 57 heavy (non-hydrogen) atoms. The third kappa shape index (κ3) is 4.62. The van der Waals surface area contributed by atoms with Crippen molar-refractivity contribution in [1.29, 1.82) is 0 Å². The summed E-state index contributed by atoms with van der Waals surface area (Å²) in [5, 5.41) is 2.37. The molecular formula is C53H33N3O. The molecule has 10 aromatic rings. The monoisotopic (exact) mass is 727 g/mol.